The second-order valence-electron chi connectivity index (χ2n) is 4.91. The maximum atomic E-state index is 12.2. The van der Waals surface area contributed by atoms with Gasteiger partial charge in [-0.3, -0.25) is 4.79 Å². The minimum absolute atomic E-state index is 0.0709. The first kappa shape index (κ1) is 14.4. The van der Waals surface area contributed by atoms with Crippen LogP contribution in [0.4, 0.5) is 0 Å². The van der Waals surface area contributed by atoms with Crippen molar-refractivity contribution in [1.82, 2.24) is 5.32 Å². The Morgan fingerprint density at radius 2 is 1.95 bits per heavy atom. The minimum atomic E-state index is -0.296. The molecule has 4 nitrogen and oxygen atoms in total. The third kappa shape index (κ3) is 3.11. The summed E-state index contributed by atoms with van der Waals surface area (Å²) in [6, 6.07) is 7.92. The van der Waals surface area contributed by atoms with Gasteiger partial charge < -0.3 is 15.5 Å². The van der Waals surface area contributed by atoms with Gasteiger partial charge in [0.05, 0.1) is 6.04 Å². The van der Waals surface area contributed by atoms with Crippen LogP contribution in [0.15, 0.2) is 35.7 Å². The molecule has 2 aromatic rings. The van der Waals surface area contributed by atoms with Gasteiger partial charge in [-0.05, 0) is 35.6 Å². The fraction of sp³-hybridized carbons (Fsp3) is 0.267. The summed E-state index contributed by atoms with van der Waals surface area (Å²) in [7, 11) is 0. The van der Waals surface area contributed by atoms with Crippen LogP contribution in [-0.4, -0.2) is 16.1 Å². The summed E-state index contributed by atoms with van der Waals surface area (Å²) in [6.45, 7) is 4.08. The number of amides is 1. The van der Waals surface area contributed by atoms with E-state index in [2.05, 4.69) is 5.32 Å². The van der Waals surface area contributed by atoms with Gasteiger partial charge in [0.1, 0.15) is 0 Å². The minimum Gasteiger partial charge on any atom is -0.504 e. The number of benzene rings is 1. The molecule has 0 bridgehead atoms. The van der Waals surface area contributed by atoms with Crippen LogP contribution in [-0.2, 0) is 0 Å². The van der Waals surface area contributed by atoms with Gasteiger partial charge in [-0.25, -0.2) is 0 Å². The maximum absolute atomic E-state index is 12.2. The standard InChI is InChI=1S/C15H17NO3S/c1-9(2)14(13-4-3-7-20-13)16-15(19)10-5-6-11(17)12(18)8-10/h3-9,14,17-18H,1-2H3,(H,16,19). The predicted molar refractivity (Wildman–Crippen MR) is 79.1 cm³/mol. The maximum Gasteiger partial charge on any atom is 0.251 e. The lowest BCUT2D eigenvalue weighted by atomic mass is 10.0. The number of aromatic hydroxyl groups is 2. The van der Waals surface area contributed by atoms with Gasteiger partial charge in [-0.15, -0.1) is 11.3 Å². The van der Waals surface area contributed by atoms with Crippen LogP contribution in [0.3, 0.4) is 0 Å². The summed E-state index contributed by atoms with van der Waals surface area (Å²) in [5.41, 5.74) is 0.322. The monoisotopic (exact) mass is 291 g/mol. The van der Waals surface area contributed by atoms with E-state index in [1.54, 1.807) is 11.3 Å². The van der Waals surface area contributed by atoms with Crippen molar-refractivity contribution in [2.75, 3.05) is 0 Å². The number of phenols is 2. The molecule has 1 atom stereocenters. The van der Waals surface area contributed by atoms with Crippen molar-refractivity contribution in [3.63, 3.8) is 0 Å². The summed E-state index contributed by atoms with van der Waals surface area (Å²) in [5.74, 6) is -0.550. The van der Waals surface area contributed by atoms with Crippen molar-refractivity contribution >= 4 is 17.2 Å². The molecule has 0 saturated heterocycles. The molecule has 0 spiro atoms. The molecule has 0 radical (unpaired) electrons. The lowest BCUT2D eigenvalue weighted by Crippen LogP contribution is -2.31. The molecule has 1 unspecified atom stereocenters. The summed E-state index contributed by atoms with van der Waals surface area (Å²) in [5, 5.41) is 23.7. The zero-order valence-electron chi connectivity index (χ0n) is 11.3. The van der Waals surface area contributed by atoms with Gasteiger partial charge in [0.2, 0.25) is 0 Å². The SMILES string of the molecule is CC(C)C(NC(=O)c1ccc(O)c(O)c1)c1cccs1. The molecule has 5 heteroatoms. The van der Waals surface area contributed by atoms with Crippen molar-refractivity contribution in [2.24, 2.45) is 5.92 Å². The van der Waals surface area contributed by atoms with E-state index in [0.29, 0.717) is 5.56 Å². The quantitative estimate of drug-likeness (QED) is 0.757. The Labute approximate surface area is 121 Å². The summed E-state index contributed by atoms with van der Waals surface area (Å²) < 4.78 is 0. The lowest BCUT2D eigenvalue weighted by molar-refractivity contribution is 0.0926. The normalized spacial score (nSPS) is 12.3. The van der Waals surface area contributed by atoms with Gasteiger partial charge in [0, 0.05) is 10.4 Å². The zero-order chi connectivity index (χ0) is 14.7. The third-order valence-electron chi connectivity index (χ3n) is 3.04. The Hall–Kier alpha value is -2.01. The molecule has 1 heterocycles. The highest BCUT2D eigenvalue weighted by Crippen LogP contribution is 2.28. The molecule has 0 aliphatic rings. The highest BCUT2D eigenvalue weighted by atomic mass is 32.1. The van der Waals surface area contributed by atoms with E-state index < -0.39 is 0 Å². The molecule has 1 aromatic carbocycles. The van der Waals surface area contributed by atoms with Crippen LogP contribution in [0, 0.1) is 5.92 Å². The lowest BCUT2D eigenvalue weighted by Gasteiger charge is -2.21. The molecule has 0 aliphatic heterocycles. The van der Waals surface area contributed by atoms with Crippen LogP contribution in [0.25, 0.3) is 0 Å². The Morgan fingerprint density at radius 1 is 1.20 bits per heavy atom. The van der Waals surface area contributed by atoms with Crippen LogP contribution in [0.2, 0.25) is 0 Å². The highest BCUT2D eigenvalue weighted by Gasteiger charge is 2.20. The van der Waals surface area contributed by atoms with Gasteiger partial charge in [0.25, 0.3) is 5.91 Å². The first-order valence-electron chi connectivity index (χ1n) is 6.35. The molecule has 1 aromatic heterocycles. The second kappa shape index (κ2) is 5.96. The largest absolute Gasteiger partial charge is 0.504 e. The second-order valence-corrected chi connectivity index (χ2v) is 5.89. The molecule has 0 aliphatic carbocycles. The van der Waals surface area contributed by atoms with Crippen LogP contribution in [0.5, 0.6) is 11.5 Å². The highest BCUT2D eigenvalue weighted by molar-refractivity contribution is 7.10. The molecular formula is C15H17NO3S. The average Bonchev–Trinajstić information content (AvgIpc) is 2.92. The smallest absolute Gasteiger partial charge is 0.251 e. The fourth-order valence-corrected chi connectivity index (χ4v) is 2.87. The van der Waals surface area contributed by atoms with E-state index in [-0.39, 0.29) is 29.4 Å². The van der Waals surface area contributed by atoms with E-state index in [1.807, 2.05) is 31.4 Å². The number of phenolic OH excluding ortho intramolecular Hbond substituents is 2. The van der Waals surface area contributed by atoms with Crippen LogP contribution in [0.1, 0.15) is 35.1 Å². The predicted octanol–water partition coefficient (Wildman–Crippen LogP) is 3.29. The summed E-state index contributed by atoms with van der Waals surface area (Å²) in [6.07, 6.45) is 0. The van der Waals surface area contributed by atoms with Gasteiger partial charge in [-0.2, -0.15) is 0 Å². The number of thiophene rings is 1. The molecule has 0 fully saturated rings. The number of rotatable bonds is 4. The first-order valence-corrected chi connectivity index (χ1v) is 7.23. The number of carbonyl (C=O) groups is 1. The fourth-order valence-electron chi connectivity index (χ4n) is 1.92. The Morgan fingerprint density at radius 3 is 2.50 bits per heavy atom. The first-order chi connectivity index (χ1) is 9.49. The topological polar surface area (TPSA) is 69.6 Å². The van der Waals surface area contributed by atoms with E-state index in [4.69, 9.17) is 0 Å². The van der Waals surface area contributed by atoms with Crippen molar-refractivity contribution in [3.8, 4) is 11.5 Å². The van der Waals surface area contributed by atoms with Crippen molar-refractivity contribution in [3.05, 3.63) is 46.2 Å². The van der Waals surface area contributed by atoms with Crippen molar-refractivity contribution in [1.29, 1.82) is 0 Å². The average molecular weight is 291 g/mol. The molecule has 106 valence electrons. The van der Waals surface area contributed by atoms with Crippen molar-refractivity contribution < 1.29 is 15.0 Å². The van der Waals surface area contributed by atoms with E-state index >= 15 is 0 Å². The zero-order valence-corrected chi connectivity index (χ0v) is 12.1. The van der Waals surface area contributed by atoms with Crippen molar-refractivity contribution in [2.45, 2.75) is 19.9 Å². The van der Waals surface area contributed by atoms with Gasteiger partial charge >= 0.3 is 0 Å². The number of hydrogen-bond acceptors (Lipinski definition) is 4. The molecule has 1 amide bonds. The van der Waals surface area contributed by atoms with E-state index in [1.165, 1.54) is 18.2 Å². The van der Waals surface area contributed by atoms with Gasteiger partial charge in [0.15, 0.2) is 11.5 Å². The Balaban J connectivity index is 2.18. The van der Waals surface area contributed by atoms with E-state index in [0.717, 1.165) is 4.88 Å². The molecule has 0 saturated carbocycles. The van der Waals surface area contributed by atoms with E-state index in [9.17, 15) is 15.0 Å². The molecular weight excluding hydrogens is 274 g/mol. The molecule has 2 rings (SSSR count). The summed E-state index contributed by atoms with van der Waals surface area (Å²) >= 11 is 1.60. The Kier molecular flexibility index (Phi) is 4.29. The number of nitrogens with one attached hydrogen (secondary N) is 1. The number of hydrogen-bond donors (Lipinski definition) is 3. The van der Waals surface area contributed by atoms with Crippen LogP contribution >= 0.6 is 11.3 Å². The molecule has 3 N–H and O–H groups in total. The van der Waals surface area contributed by atoms with Crippen LogP contribution < -0.4 is 5.32 Å². The Bertz CT molecular complexity index is 593. The third-order valence-corrected chi connectivity index (χ3v) is 4.00. The summed E-state index contributed by atoms with van der Waals surface area (Å²) in [4.78, 5) is 13.3. The number of carbonyl (C=O) groups excluding carboxylic acids is 1. The molecule has 20 heavy (non-hydrogen) atoms. The van der Waals surface area contributed by atoms with Gasteiger partial charge in [-0.1, -0.05) is 19.9 Å².